The standard InChI is InChI=1S/C53H66N4O9/c1-30(2)23-52(3,62)26-55-28-56-27-53(64-29-54-4)24-42-41-22-40-36(31-8-14-43-32(19-31)16-17-57-43)11-12-37-44(60)15-13-38(46(37)40)47(41)50-39(10-9-35(25-59)65-50)49(42)66-51(53)34-20-33(7-6-18-58)48(61)45(21-34)63-5/h8,11-16,19-21,30,35-36,40,51,54-56,58-62H,6-7,9-10,17-18,22-29H2,1-5H3/t35-,36+,40-,51+,52-,53-/m0/s1. The Labute approximate surface area is 387 Å². The zero-order chi connectivity index (χ0) is 46.3. The lowest BCUT2D eigenvalue weighted by Crippen LogP contribution is -2.56. The quantitative estimate of drug-likeness (QED) is 0.0506. The van der Waals surface area contributed by atoms with Crippen molar-refractivity contribution in [3.05, 3.63) is 104 Å². The van der Waals surface area contributed by atoms with E-state index in [9.17, 15) is 25.5 Å². The Morgan fingerprint density at radius 1 is 1.00 bits per heavy atom. The fraction of sp³-hybridized carbons (Fsp3) is 0.491. The predicted octanol–water partition coefficient (Wildman–Crippen LogP) is 4.79. The van der Waals surface area contributed by atoms with Crippen LogP contribution < -0.4 is 40.7 Å². The SMILES string of the molecule is CNCO[C@]1(CNCNC[C@@](C)(O)CC(C)C)Cc2c3c(c4c(c2O[C@@H]1c1cc(CCCO)c(O)c(OC)c1)CC[C@@H](CO)O4)-c1ccc(O)c2c1[C@@H](C3)[C@@H](c1ccc3c(c1)=CCN=3)C=C2. The van der Waals surface area contributed by atoms with Gasteiger partial charge in [0.1, 0.15) is 29.0 Å². The number of aromatic hydroxyl groups is 2. The number of phenols is 2. The summed E-state index contributed by atoms with van der Waals surface area (Å²) in [5.74, 6) is 2.27. The zero-order valence-corrected chi connectivity index (χ0v) is 38.9. The number of nitrogens with zero attached hydrogens (tertiary/aromatic N) is 1. The molecule has 0 saturated heterocycles. The van der Waals surface area contributed by atoms with Crippen molar-refractivity contribution in [2.75, 3.05) is 60.4 Å². The summed E-state index contributed by atoms with van der Waals surface area (Å²) in [6.45, 7) is 7.89. The molecule has 0 radical (unpaired) electrons. The van der Waals surface area contributed by atoms with Gasteiger partial charge in [0.15, 0.2) is 17.6 Å². The second-order valence-corrected chi connectivity index (χ2v) is 19.5. The third-order valence-electron chi connectivity index (χ3n) is 14.2. The maximum atomic E-state index is 11.4. The molecular weight excluding hydrogens is 837 g/mol. The first-order valence-electron chi connectivity index (χ1n) is 23.7. The van der Waals surface area contributed by atoms with Gasteiger partial charge in [0, 0.05) is 61.0 Å². The number of aryl methyl sites for hydroxylation is 1. The highest BCUT2D eigenvalue weighted by atomic mass is 16.6. The van der Waals surface area contributed by atoms with Crippen LogP contribution in [0.25, 0.3) is 23.3 Å². The van der Waals surface area contributed by atoms with E-state index in [4.69, 9.17) is 18.9 Å². The predicted molar refractivity (Wildman–Crippen MR) is 254 cm³/mol. The molecule has 0 bridgehead atoms. The minimum absolute atomic E-state index is 0.00621. The summed E-state index contributed by atoms with van der Waals surface area (Å²) in [5, 5.41) is 66.8. The van der Waals surface area contributed by atoms with Crippen molar-refractivity contribution in [3.63, 3.8) is 0 Å². The Morgan fingerprint density at radius 2 is 1.85 bits per heavy atom. The van der Waals surface area contributed by atoms with E-state index in [0.717, 1.165) is 60.8 Å². The summed E-state index contributed by atoms with van der Waals surface area (Å²) < 4.78 is 27.3. The molecule has 0 spiro atoms. The molecule has 3 aliphatic heterocycles. The van der Waals surface area contributed by atoms with Crippen LogP contribution in [0.3, 0.4) is 0 Å². The van der Waals surface area contributed by atoms with Gasteiger partial charge in [0.2, 0.25) is 0 Å². The average Bonchev–Trinajstić information content (AvgIpc) is 3.79. The number of hydrogen-bond acceptors (Lipinski definition) is 13. The van der Waals surface area contributed by atoms with Gasteiger partial charge in [-0.05, 0) is 133 Å². The smallest absolute Gasteiger partial charge is 0.161 e. The molecule has 0 saturated carbocycles. The molecule has 8 N–H and O–H groups in total. The Bertz CT molecular complexity index is 2630. The van der Waals surface area contributed by atoms with E-state index >= 15 is 0 Å². The molecule has 0 amide bonds. The van der Waals surface area contributed by atoms with E-state index in [2.05, 4.69) is 71.2 Å². The van der Waals surface area contributed by atoms with Gasteiger partial charge in [-0.3, -0.25) is 10.3 Å². The fourth-order valence-electron chi connectivity index (χ4n) is 11.4. The molecular formula is C53H66N4O9. The molecule has 2 aliphatic carbocycles. The Balaban J connectivity index is 1.22. The Kier molecular flexibility index (Phi) is 13.2. The minimum atomic E-state index is -1.05. The molecule has 0 unspecified atom stereocenters. The minimum Gasteiger partial charge on any atom is -0.507 e. The molecule has 4 aromatic carbocycles. The van der Waals surface area contributed by atoms with Gasteiger partial charge in [0.25, 0.3) is 0 Å². The first-order valence-corrected chi connectivity index (χ1v) is 23.7. The molecule has 352 valence electrons. The number of allylic oxidation sites excluding steroid dienone is 1. The molecule has 3 heterocycles. The van der Waals surface area contributed by atoms with E-state index in [1.54, 1.807) is 6.07 Å². The van der Waals surface area contributed by atoms with Crippen molar-refractivity contribution in [2.45, 2.75) is 101 Å². The van der Waals surface area contributed by atoms with Gasteiger partial charge in [-0.1, -0.05) is 44.2 Å². The van der Waals surface area contributed by atoms with E-state index < -0.39 is 23.4 Å². The number of aliphatic hydroxyl groups excluding tert-OH is 2. The highest BCUT2D eigenvalue weighted by molar-refractivity contribution is 5.89. The highest BCUT2D eigenvalue weighted by Gasteiger charge is 2.51. The van der Waals surface area contributed by atoms with Crippen molar-refractivity contribution in [1.29, 1.82) is 0 Å². The molecule has 6 atom stereocenters. The first-order chi connectivity index (χ1) is 31.9. The Morgan fingerprint density at radius 3 is 2.62 bits per heavy atom. The zero-order valence-electron chi connectivity index (χ0n) is 38.9. The number of phenolic OH excluding ortho intramolecular Hbond substituents is 2. The van der Waals surface area contributed by atoms with Crippen molar-refractivity contribution in [2.24, 2.45) is 10.9 Å². The second kappa shape index (κ2) is 19.0. The molecule has 4 aromatic rings. The van der Waals surface area contributed by atoms with Gasteiger partial charge in [0.05, 0.1) is 38.0 Å². The molecule has 0 aromatic heterocycles. The number of aliphatic hydroxyl groups is 3. The second-order valence-electron chi connectivity index (χ2n) is 19.5. The summed E-state index contributed by atoms with van der Waals surface area (Å²) in [4.78, 5) is 4.66. The van der Waals surface area contributed by atoms with Gasteiger partial charge in [-0.15, -0.1) is 0 Å². The molecule has 13 nitrogen and oxygen atoms in total. The summed E-state index contributed by atoms with van der Waals surface area (Å²) in [7, 11) is 3.38. The van der Waals surface area contributed by atoms with Crippen LogP contribution in [-0.2, 0) is 30.4 Å². The van der Waals surface area contributed by atoms with Crippen LogP contribution in [0.4, 0.5) is 0 Å². The topological polar surface area (TPSA) is 187 Å². The van der Waals surface area contributed by atoms with E-state index in [1.807, 2.05) is 32.2 Å². The van der Waals surface area contributed by atoms with E-state index in [-0.39, 0.29) is 43.3 Å². The van der Waals surface area contributed by atoms with Crippen LogP contribution in [0.1, 0.15) is 102 Å². The highest BCUT2D eigenvalue weighted by Crippen LogP contribution is 2.60. The maximum absolute atomic E-state index is 11.4. The third-order valence-corrected chi connectivity index (χ3v) is 14.2. The van der Waals surface area contributed by atoms with Crippen LogP contribution in [0.15, 0.2) is 53.5 Å². The lowest BCUT2D eigenvalue weighted by atomic mass is 9.64. The number of hydrogen-bond donors (Lipinski definition) is 8. The van der Waals surface area contributed by atoms with Crippen molar-refractivity contribution < 1.29 is 44.5 Å². The van der Waals surface area contributed by atoms with Gasteiger partial charge in [-0.2, -0.15) is 0 Å². The van der Waals surface area contributed by atoms with Gasteiger partial charge in [-0.25, -0.2) is 0 Å². The van der Waals surface area contributed by atoms with Crippen LogP contribution >= 0.6 is 0 Å². The van der Waals surface area contributed by atoms with Crippen molar-refractivity contribution >= 4 is 12.2 Å². The van der Waals surface area contributed by atoms with Crippen molar-refractivity contribution in [1.82, 2.24) is 16.0 Å². The number of fused-ring (bicyclic) bond motifs is 8. The third kappa shape index (κ3) is 8.59. The summed E-state index contributed by atoms with van der Waals surface area (Å²) in [6.07, 6.45) is 9.11. The largest absolute Gasteiger partial charge is 0.507 e. The van der Waals surface area contributed by atoms with Gasteiger partial charge >= 0.3 is 0 Å². The van der Waals surface area contributed by atoms with Crippen LogP contribution in [0, 0.1) is 5.92 Å². The van der Waals surface area contributed by atoms with Crippen LogP contribution in [0.2, 0.25) is 0 Å². The van der Waals surface area contributed by atoms with E-state index in [0.29, 0.717) is 94.2 Å². The lowest BCUT2D eigenvalue weighted by Gasteiger charge is -2.48. The molecule has 5 aliphatic rings. The summed E-state index contributed by atoms with van der Waals surface area (Å²) in [5.41, 5.74) is 7.52. The first kappa shape index (κ1) is 46.1. The monoisotopic (exact) mass is 902 g/mol. The number of benzene rings is 4. The molecule has 13 heteroatoms. The molecule has 0 fully saturated rings. The van der Waals surface area contributed by atoms with E-state index in [1.165, 1.54) is 12.7 Å². The van der Waals surface area contributed by atoms with Crippen molar-refractivity contribution in [3.8, 4) is 39.9 Å². The van der Waals surface area contributed by atoms with Gasteiger partial charge < -0.3 is 55.1 Å². The Hall–Kier alpha value is -4.99. The summed E-state index contributed by atoms with van der Waals surface area (Å²) in [6, 6.07) is 14.1. The molecule has 9 rings (SSSR count). The average molecular weight is 903 g/mol. The number of rotatable bonds is 18. The number of nitrogens with one attached hydrogen (secondary N) is 3. The lowest BCUT2D eigenvalue weighted by molar-refractivity contribution is -0.129. The summed E-state index contributed by atoms with van der Waals surface area (Å²) >= 11 is 0. The number of methoxy groups -OCH3 is 1. The maximum Gasteiger partial charge on any atom is 0.161 e. The van der Waals surface area contributed by atoms with Crippen LogP contribution in [0.5, 0.6) is 28.7 Å². The molecule has 66 heavy (non-hydrogen) atoms. The normalized spacial score (nSPS) is 23.0. The van der Waals surface area contributed by atoms with Crippen LogP contribution in [-0.4, -0.2) is 103 Å². The number of ether oxygens (including phenoxy) is 4. The fourth-order valence-corrected chi connectivity index (χ4v) is 11.4.